The van der Waals surface area contributed by atoms with Crippen LogP contribution in [0.1, 0.15) is 24.0 Å². The number of hydrogen-bond acceptors (Lipinski definition) is 6. The Morgan fingerprint density at radius 3 is 2.32 bits per heavy atom. The van der Waals surface area contributed by atoms with Gasteiger partial charge in [-0.3, -0.25) is 10.1 Å². The van der Waals surface area contributed by atoms with Crippen LogP contribution in [0.25, 0.3) is 10.6 Å². The maximum atomic E-state index is 13.1. The number of methoxy groups -OCH3 is 1. The highest BCUT2D eigenvalue weighted by molar-refractivity contribution is 7.18. The lowest BCUT2D eigenvalue weighted by Gasteiger charge is -2.24. The molecule has 2 N–H and O–H groups in total. The Hall–Kier alpha value is -3.88. The van der Waals surface area contributed by atoms with E-state index < -0.39 is 47.1 Å². The summed E-state index contributed by atoms with van der Waals surface area (Å²) in [6, 6.07) is 5.74. The molecule has 15 heteroatoms. The number of halogens is 6. The third-order valence-electron chi connectivity index (χ3n) is 5.63. The molecule has 38 heavy (non-hydrogen) atoms. The SMILES string of the molecule is COc1cccc(-c2nnc(NC(=O)C3CCCN3C(=O)Nc3cc(C(F)(F)F)cc(C(F)(F)F)c3)s2)c1. The van der Waals surface area contributed by atoms with E-state index in [1.165, 1.54) is 7.11 Å². The number of likely N-dealkylation sites (tertiary alicyclic amines) is 1. The number of ether oxygens (including phenoxy) is 1. The number of aromatic nitrogens is 2. The van der Waals surface area contributed by atoms with E-state index in [0.29, 0.717) is 34.9 Å². The zero-order chi connectivity index (χ0) is 27.7. The summed E-state index contributed by atoms with van der Waals surface area (Å²) in [4.78, 5) is 26.7. The van der Waals surface area contributed by atoms with Crippen LogP contribution in [0.5, 0.6) is 5.75 Å². The molecule has 1 aliphatic rings. The van der Waals surface area contributed by atoms with Crippen molar-refractivity contribution >= 4 is 34.1 Å². The van der Waals surface area contributed by atoms with Crippen LogP contribution in [0.4, 0.5) is 42.0 Å². The van der Waals surface area contributed by atoms with E-state index in [2.05, 4.69) is 20.8 Å². The Balaban J connectivity index is 1.47. The van der Waals surface area contributed by atoms with Gasteiger partial charge in [-0.05, 0) is 43.2 Å². The van der Waals surface area contributed by atoms with Crippen LogP contribution in [0, 0.1) is 0 Å². The molecular weight excluding hydrogens is 540 g/mol. The summed E-state index contributed by atoms with van der Waals surface area (Å²) in [5, 5.41) is 13.2. The lowest BCUT2D eigenvalue weighted by molar-refractivity contribution is -0.143. The fourth-order valence-corrected chi connectivity index (χ4v) is 4.58. The Bertz CT molecular complexity index is 1310. The van der Waals surface area contributed by atoms with Gasteiger partial charge in [-0.15, -0.1) is 10.2 Å². The molecule has 1 saturated heterocycles. The predicted molar refractivity (Wildman–Crippen MR) is 126 cm³/mol. The maximum absolute atomic E-state index is 13.1. The zero-order valence-corrected chi connectivity index (χ0v) is 20.3. The minimum absolute atomic E-state index is 0.0381. The monoisotopic (exact) mass is 559 g/mol. The average Bonchev–Trinajstić information content (AvgIpc) is 3.53. The molecule has 1 aliphatic heterocycles. The molecule has 3 amide bonds. The molecule has 1 fully saturated rings. The summed E-state index contributed by atoms with van der Waals surface area (Å²) in [5.41, 5.74) is -3.14. The Labute approximate surface area is 215 Å². The number of rotatable bonds is 5. The van der Waals surface area contributed by atoms with Gasteiger partial charge in [0.2, 0.25) is 11.0 Å². The third-order valence-corrected chi connectivity index (χ3v) is 6.51. The standard InChI is InChI=1S/C23H19F6N5O3S/c1-37-16-5-2-4-12(8-16)19-32-33-20(38-19)31-18(35)17-6-3-7-34(17)21(36)30-15-10-13(22(24,25)26)9-14(11-15)23(27,28)29/h2,4-5,8-11,17H,3,6-7H2,1H3,(H,30,36)(H,31,33,35). The van der Waals surface area contributed by atoms with Gasteiger partial charge >= 0.3 is 18.4 Å². The first-order valence-electron chi connectivity index (χ1n) is 11.0. The highest BCUT2D eigenvalue weighted by atomic mass is 32.1. The smallest absolute Gasteiger partial charge is 0.416 e. The van der Waals surface area contributed by atoms with Gasteiger partial charge in [-0.25, -0.2) is 4.79 Å². The molecule has 0 aliphatic carbocycles. The van der Waals surface area contributed by atoms with Crippen molar-refractivity contribution in [3.8, 4) is 16.3 Å². The molecule has 1 atom stereocenters. The van der Waals surface area contributed by atoms with Crippen LogP contribution in [0.15, 0.2) is 42.5 Å². The van der Waals surface area contributed by atoms with Crippen LogP contribution in [0.2, 0.25) is 0 Å². The second-order valence-corrected chi connectivity index (χ2v) is 9.19. The quantitative estimate of drug-likeness (QED) is 0.381. The van der Waals surface area contributed by atoms with Gasteiger partial charge in [0.05, 0.1) is 18.2 Å². The van der Waals surface area contributed by atoms with Gasteiger partial charge in [0.1, 0.15) is 16.8 Å². The van der Waals surface area contributed by atoms with Crippen molar-refractivity contribution < 1.29 is 40.7 Å². The number of anilines is 2. The van der Waals surface area contributed by atoms with Gasteiger partial charge in [0, 0.05) is 17.8 Å². The van der Waals surface area contributed by atoms with E-state index in [4.69, 9.17) is 4.74 Å². The Morgan fingerprint density at radius 1 is 1.00 bits per heavy atom. The van der Waals surface area contributed by atoms with Crippen molar-refractivity contribution in [2.24, 2.45) is 0 Å². The molecule has 3 aromatic rings. The maximum Gasteiger partial charge on any atom is 0.416 e. The molecule has 0 spiro atoms. The number of hydrogen-bond donors (Lipinski definition) is 2. The second-order valence-electron chi connectivity index (χ2n) is 8.21. The first kappa shape index (κ1) is 27.2. The third kappa shape index (κ3) is 6.15. The number of carbonyl (C=O) groups excluding carboxylic acids is 2. The summed E-state index contributed by atoms with van der Waals surface area (Å²) in [5.74, 6) is -0.0231. The van der Waals surface area contributed by atoms with Crippen molar-refractivity contribution in [1.29, 1.82) is 0 Å². The first-order valence-corrected chi connectivity index (χ1v) is 11.8. The van der Waals surface area contributed by atoms with Crippen LogP contribution in [0.3, 0.4) is 0 Å². The summed E-state index contributed by atoms with van der Waals surface area (Å²) in [6.07, 6.45) is -9.51. The van der Waals surface area contributed by atoms with Crippen molar-refractivity contribution in [3.63, 3.8) is 0 Å². The van der Waals surface area contributed by atoms with Crippen LogP contribution >= 0.6 is 11.3 Å². The molecule has 1 aromatic heterocycles. The molecular formula is C23H19F6N5O3S. The largest absolute Gasteiger partial charge is 0.497 e. The first-order chi connectivity index (χ1) is 17.8. The molecule has 2 heterocycles. The summed E-state index contributed by atoms with van der Waals surface area (Å²) < 4.78 is 84.0. The molecule has 8 nitrogen and oxygen atoms in total. The Kier molecular flexibility index (Phi) is 7.49. The molecule has 0 bridgehead atoms. The predicted octanol–water partition coefficient (Wildman–Crippen LogP) is 5.89. The number of nitrogens with one attached hydrogen (secondary N) is 2. The van der Waals surface area contributed by atoms with Crippen LogP contribution in [-0.4, -0.2) is 46.7 Å². The number of benzene rings is 2. The van der Waals surface area contributed by atoms with Gasteiger partial charge < -0.3 is 15.0 Å². The number of urea groups is 1. The Morgan fingerprint density at radius 2 is 1.68 bits per heavy atom. The minimum Gasteiger partial charge on any atom is -0.497 e. The van der Waals surface area contributed by atoms with Gasteiger partial charge in [-0.2, -0.15) is 26.3 Å². The number of carbonyl (C=O) groups is 2. The van der Waals surface area contributed by atoms with Gasteiger partial charge in [0.25, 0.3) is 0 Å². The molecule has 2 aromatic carbocycles. The molecule has 0 radical (unpaired) electrons. The minimum atomic E-state index is -5.07. The van der Waals surface area contributed by atoms with E-state index in [9.17, 15) is 35.9 Å². The number of alkyl halides is 6. The van der Waals surface area contributed by atoms with Crippen molar-refractivity contribution in [2.75, 3.05) is 24.3 Å². The normalized spacial score (nSPS) is 15.9. The molecule has 1 unspecified atom stereocenters. The topological polar surface area (TPSA) is 96.5 Å². The molecule has 4 rings (SSSR count). The summed E-state index contributed by atoms with van der Waals surface area (Å²) in [7, 11) is 1.51. The van der Waals surface area contributed by atoms with E-state index >= 15 is 0 Å². The van der Waals surface area contributed by atoms with Crippen molar-refractivity contribution in [3.05, 3.63) is 53.6 Å². The number of nitrogens with zero attached hydrogens (tertiary/aromatic N) is 3. The van der Waals surface area contributed by atoms with Crippen molar-refractivity contribution in [1.82, 2.24) is 15.1 Å². The van der Waals surface area contributed by atoms with Crippen molar-refractivity contribution in [2.45, 2.75) is 31.2 Å². The fraction of sp³-hybridized carbons (Fsp3) is 0.304. The van der Waals surface area contributed by atoms with E-state index in [1.807, 2.05) is 0 Å². The van der Waals surface area contributed by atoms with Gasteiger partial charge in [0.15, 0.2) is 0 Å². The highest BCUT2D eigenvalue weighted by Crippen LogP contribution is 2.38. The zero-order valence-electron chi connectivity index (χ0n) is 19.5. The van der Waals surface area contributed by atoms with E-state index in [0.717, 1.165) is 16.2 Å². The van der Waals surface area contributed by atoms with E-state index in [-0.39, 0.29) is 24.2 Å². The highest BCUT2D eigenvalue weighted by Gasteiger charge is 2.38. The summed E-state index contributed by atoms with van der Waals surface area (Å²) in [6.45, 7) is 0.0696. The second kappa shape index (κ2) is 10.5. The lowest BCUT2D eigenvalue weighted by Crippen LogP contribution is -2.45. The fourth-order valence-electron chi connectivity index (χ4n) is 3.84. The summed E-state index contributed by atoms with van der Waals surface area (Å²) >= 11 is 1.07. The molecule has 0 saturated carbocycles. The van der Waals surface area contributed by atoms with E-state index in [1.54, 1.807) is 24.3 Å². The lowest BCUT2D eigenvalue weighted by atomic mass is 10.1. The average molecular weight is 559 g/mol. The van der Waals surface area contributed by atoms with Gasteiger partial charge in [-0.1, -0.05) is 23.5 Å². The number of amides is 3. The molecule has 202 valence electrons. The van der Waals surface area contributed by atoms with Crippen LogP contribution in [-0.2, 0) is 17.1 Å². The van der Waals surface area contributed by atoms with Crippen LogP contribution < -0.4 is 15.4 Å².